The summed E-state index contributed by atoms with van der Waals surface area (Å²) in [6.45, 7) is 0.890. The monoisotopic (exact) mass is 259 g/mol. The molecule has 1 aromatic carbocycles. The minimum atomic E-state index is -0.580. The molecule has 19 heavy (non-hydrogen) atoms. The van der Waals surface area contributed by atoms with Gasteiger partial charge in [0.15, 0.2) is 0 Å². The SMILES string of the molecule is O=C(O)C12CCC(NCc3ccccc3)(CC1)CC2. The Morgan fingerprint density at radius 3 is 2.16 bits per heavy atom. The van der Waals surface area contributed by atoms with E-state index in [-0.39, 0.29) is 5.54 Å². The first-order chi connectivity index (χ1) is 9.14. The third-order valence-corrected chi connectivity index (χ3v) is 5.21. The minimum Gasteiger partial charge on any atom is -0.481 e. The molecular weight excluding hydrogens is 238 g/mol. The number of carboxylic acids is 1. The summed E-state index contributed by atoms with van der Waals surface area (Å²) in [5, 5.41) is 13.1. The Balaban J connectivity index is 1.63. The molecule has 3 aliphatic rings. The van der Waals surface area contributed by atoms with Gasteiger partial charge in [0.05, 0.1) is 5.41 Å². The molecule has 0 aromatic heterocycles. The molecule has 2 N–H and O–H groups in total. The molecule has 2 bridgehead atoms. The zero-order valence-corrected chi connectivity index (χ0v) is 11.2. The zero-order chi connectivity index (χ0) is 13.3. The molecule has 0 atom stereocenters. The zero-order valence-electron chi connectivity index (χ0n) is 11.2. The highest BCUT2D eigenvalue weighted by atomic mass is 16.4. The first-order valence-corrected chi connectivity index (χ1v) is 7.17. The predicted octanol–water partition coefficient (Wildman–Crippen LogP) is 2.95. The number of hydrogen-bond acceptors (Lipinski definition) is 2. The van der Waals surface area contributed by atoms with Gasteiger partial charge in [0.1, 0.15) is 0 Å². The van der Waals surface area contributed by atoms with Crippen molar-refractivity contribution in [2.45, 2.75) is 50.6 Å². The van der Waals surface area contributed by atoms with E-state index in [0.717, 1.165) is 45.1 Å². The average Bonchev–Trinajstić information content (AvgIpc) is 2.48. The van der Waals surface area contributed by atoms with Crippen molar-refractivity contribution in [3.05, 3.63) is 35.9 Å². The standard InChI is InChI=1S/C16H21NO2/c18-14(19)15-6-9-16(10-7-15,11-8-15)17-12-13-4-2-1-3-5-13/h1-5,17H,6-12H2,(H,18,19). The highest BCUT2D eigenvalue weighted by Gasteiger charge is 2.52. The molecule has 0 saturated heterocycles. The van der Waals surface area contributed by atoms with Crippen LogP contribution in [0.15, 0.2) is 30.3 Å². The summed E-state index contributed by atoms with van der Waals surface area (Å²) in [5.41, 5.74) is 1.08. The quantitative estimate of drug-likeness (QED) is 0.874. The van der Waals surface area contributed by atoms with Crippen LogP contribution in [0.5, 0.6) is 0 Å². The van der Waals surface area contributed by atoms with Crippen LogP contribution in [0.1, 0.15) is 44.1 Å². The fraction of sp³-hybridized carbons (Fsp3) is 0.562. The highest BCUT2D eigenvalue weighted by Crippen LogP contribution is 2.52. The largest absolute Gasteiger partial charge is 0.481 e. The van der Waals surface area contributed by atoms with Crippen molar-refractivity contribution < 1.29 is 9.90 Å². The lowest BCUT2D eigenvalue weighted by Crippen LogP contribution is -2.56. The van der Waals surface area contributed by atoms with Gasteiger partial charge in [-0.1, -0.05) is 30.3 Å². The molecule has 1 aromatic rings. The van der Waals surface area contributed by atoms with E-state index in [4.69, 9.17) is 0 Å². The van der Waals surface area contributed by atoms with Crippen LogP contribution in [-0.2, 0) is 11.3 Å². The summed E-state index contributed by atoms with van der Waals surface area (Å²) in [6.07, 6.45) is 5.53. The third kappa shape index (κ3) is 2.27. The summed E-state index contributed by atoms with van der Waals surface area (Å²) in [4.78, 5) is 11.4. The first kappa shape index (κ1) is 12.7. The van der Waals surface area contributed by atoms with Crippen LogP contribution in [0, 0.1) is 5.41 Å². The number of benzene rings is 1. The van der Waals surface area contributed by atoms with Crippen LogP contribution in [0.3, 0.4) is 0 Å². The molecule has 0 heterocycles. The molecule has 0 amide bonds. The van der Waals surface area contributed by atoms with Gasteiger partial charge in [-0.15, -0.1) is 0 Å². The van der Waals surface area contributed by atoms with Gasteiger partial charge in [0.2, 0.25) is 0 Å². The Hall–Kier alpha value is -1.35. The van der Waals surface area contributed by atoms with Crippen molar-refractivity contribution >= 4 is 5.97 Å². The summed E-state index contributed by atoms with van der Waals surface area (Å²) in [5.74, 6) is -0.580. The minimum absolute atomic E-state index is 0.188. The lowest BCUT2D eigenvalue weighted by Gasteiger charge is -2.51. The van der Waals surface area contributed by atoms with Crippen LogP contribution < -0.4 is 5.32 Å². The van der Waals surface area contributed by atoms with Crippen LogP contribution in [0.2, 0.25) is 0 Å². The van der Waals surface area contributed by atoms with Gasteiger partial charge in [-0.3, -0.25) is 4.79 Å². The molecule has 3 heteroatoms. The van der Waals surface area contributed by atoms with Gasteiger partial charge >= 0.3 is 5.97 Å². The average molecular weight is 259 g/mol. The third-order valence-electron chi connectivity index (χ3n) is 5.21. The Kier molecular flexibility index (Phi) is 3.09. The van der Waals surface area contributed by atoms with Gasteiger partial charge < -0.3 is 10.4 Å². The van der Waals surface area contributed by atoms with Crippen molar-refractivity contribution in [1.82, 2.24) is 5.32 Å². The molecule has 3 saturated carbocycles. The number of aliphatic carboxylic acids is 1. The summed E-state index contributed by atoms with van der Waals surface area (Å²) >= 11 is 0. The van der Waals surface area contributed by atoms with Crippen LogP contribution in [0.25, 0.3) is 0 Å². The first-order valence-electron chi connectivity index (χ1n) is 7.17. The normalized spacial score (nSPS) is 33.3. The Morgan fingerprint density at radius 1 is 1.05 bits per heavy atom. The van der Waals surface area contributed by atoms with Gasteiger partial charge in [-0.2, -0.15) is 0 Å². The van der Waals surface area contributed by atoms with Crippen LogP contribution in [-0.4, -0.2) is 16.6 Å². The maximum atomic E-state index is 11.4. The second-order valence-corrected chi connectivity index (χ2v) is 6.20. The van der Waals surface area contributed by atoms with E-state index in [1.165, 1.54) is 5.56 Å². The highest BCUT2D eigenvalue weighted by molar-refractivity contribution is 5.75. The molecule has 3 nitrogen and oxygen atoms in total. The second-order valence-electron chi connectivity index (χ2n) is 6.20. The number of carbonyl (C=O) groups is 1. The Labute approximate surface area is 114 Å². The summed E-state index contributed by atoms with van der Waals surface area (Å²) in [7, 11) is 0. The molecule has 0 unspecified atom stereocenters. The summed E-state index contributed by atoms with van der Waals surface area (Å²) < 4.78 is 0. The van der Waals surface area contributed by atoms with E-state index in [2.05, 4.69) is 29.6 Å². The topological polar surface area (TPSA) is 49.3 Å². The number of fused-ring (bicyclic) bond motifs is 3. The Morgan fingerprint density at radius 2 is 1.63 bits per heavy atom. The molecular formula is C16H21NO2. The molecule has 102 valence electrons. The molecule has 0 spiro atoms. The van der Waals surface area contributed by atoms with Crippen LogP contribution >= 0.6 is 0 Å². The van der Waals surface area contributed by atoms with Gasteiger partial charge in [0, 0.05) is 12.1 Å². The van der Waals surface area contributed by atoms with Crippen molar-refractivity contribution in [3.8, 4) is 0 Å². The van der Waals surface area contributed by atoms with Gasteiger partial charge in [-0.25, -0.2) is 0 Å². The van der Waals surface area contributed by atoms with Crippen molar-refractivity contribution in [2.75, 3.05) is 0 Å². The second kappa shape index (κ2) is 4.64. The maximum Gasteiger partial charge on any atom is 0.309 e. The number of carboxylic acid groups (broad SMARTS) is 1. The van der Waals surface area contributed by atoms with E-state index >= 15 is 0 Å². The van der Waals surface area contributed by atoms with E-state index in [1.54, 1.807) is 0 Å². The number of hydrogen-bond donors (Lipinski definition) is 2. The van der Waals surface area contributed by atoms with E-state index < -0.39 is 11.4 Å². The number of nitrogens with one attached hydrogen (secondary N) is 1. The smallest absolute Gasteiger partial charge is 0.309 e. The molecule has 0 aliphatic heterocycles. The van der Waals surface area contributed by atoms with Crippen molar-refractivity contribution in [2.24, 2.45) is 5.41 Å². The molecule has 4 rings (SSSR count). The maximum absolute atomic E-state index is 11.4. The van der Waals surface area contributed by atoms with Gasteiger partial charge in [0.25, 0.3) is 0 Å². The molecule has 0 radical (unpaired) electrons. The van der Waals surface area contributed by atoms with Crippen LogP contribution in [0.4, 0.5) is 0 Å². The Bertz CT molecular complexity index is 444. The lowest BCUT2D eigenvalue weighted by molar-refractivity contribution is -0.156. The number of rotatable bonds is 4. The predicted molar refractivity (Wildman–Crippen MR) is 73.8 cm³/mol. The summed E-state index contributed by atoms with van der Waals surface area (Å²) in [6, 6.07) is 10.4. The van der Waals surface area contributed by atoms with Crippen molar-refractivity contribution in [3.63, 3.8) is 0 Å². The lowest BCUT2D eigenvalue weighted by atomic mass is 9.57. The van der Waals surface area contributed by atoms with E-state index in [1.807, 2.05) is 6.07 Å². The van der Waals surface area contributed by atoms with Crippen molar-refractivity contribution in [1.29, 1.82) is 0 Å². The molecule has 3 fully saturated rings. The fourth-order valence-electron chi connectivity index (χ4n) is 3.66. The van der Waals surface area contributed by atoms with Gasteiger partial charge in [-0.05, 0) is 44.1 Å². The molecule has 3 aliphatic carbocycles. The van der Waals surface area contributed by atoms with E-state index in [9.17, 15) is 9.90 Å². The van der Waals surface area contributed by atoms with E-state index in [0.29, 0.717) is 0 Å². The fourth-order valence-corrected chi connectivity index (χ4v) is 3.66.